The fourth-order valence-corrected chi connectivity index (χ4v) is 2.33. The minimum Gasteiger partial charge on any atom is -0.497 e. The van der Waals surface area contributed by atoms with Gasteiger partial charge in [-0.15, -0.1) is 0 Å². The number of amides is 1. The fraction of sp³-hybridized carbons (Fsp3) is 0.158. The summed E-state index contributed by atoms with van der Waals surface area (Å²) in [5, 5.41) is 0. The Morgan fingerprint density at radius 3 is 2.46 bits per heavy atom. The zero-order valence-electron chi connectivity index (χ0n) is 13.6. The van der Waals surface area contributed by atoms with E-state index in [1.165, 1.54) is 4.90 Å². The predicted molar refractivity (Wildman–Crippen MR) is 93.0 cm³/mol. The number of ether oxygens (including phenoxy) is 2. The molecule has 1 aliphatic heterocycles. The van der Waals surface area contributed by atoms with Crippen LogP contribution in [0.4, 0.5) is 5.69 Å². The second-order valence-electron chi connectivity index (χ2n) is 5.16. The largest absolute Gasteiger partial charge is 0.497 e. The number of rotatable bonds is 4. The number of hydrogen-bond donors (Lipinski definition) is 0. The summed E-state index contributed by atoms with van der Waals surface area (Å²) >= 11 is 0. The Bertz CT molecular complexity index is 780. The SMILES string of the molecule is CCN1C(=O)C(=Cc2ccc(OC)cc2)OC1=Nc1ccccc1. The molecule has 1 fully saturated rings. The van der Waals surface area contributed by atoms with Gasteiger partial charge in [-0.1, -0.05) is 30.3 Å². The molecule has 0 aliphatic carbocycles. The van der Waals surface area contributed by atoms with Gasteiger partial charge < -0.3 is 9.47 Å². The quantitative estimate of drug-likeness (QED) is 0.808. The number of methoxy groups -OCH3 is 1. The van der Waals surface area contributed by atoms with Crippen molar-refractivity contribution in [1.29, 1.82) is 0 Å². The van der Waals surface area contributed by atoms with Crippen LogP contribution in [0.1, 0.15) is 12.5 Å². The maximum absolute atomic E-state index is 12.5. The summed E-state index contributed by atoms with van der Waals surface area (Å²) in [5.41, 5.74) is 1.60. The van der Waals surface area contributed by atoms with Crippen LogP contribution in [0.2, 0.25) is 0 Å². The summed E-state index contributed by atoms with van der Waals surface area (Å²) < 4.78 is 10.8. The first kappa shape index (κ1) is 15.8. The van der Waals surface area contributed by atoms with Crippen molar-refractivity contribution in [2.75, 3.05) is 13.7 Å². The standard InChI is InChI=1S/C19H18N2O3/c1-3-21-18(22)17(13-14-9-11-16(23-2)12-10-14)24-19(21)20-15-7-5-4-6-8-15/h4-13H,3H2,1-2H3. The highest BCUT2D eigenvalue weighted by molar-refractivity contribution is 6.11. The van der Waals surface area contributed by atoms with Crippen LogP contribution >= 0.6 is 0 Å². The molecule has 1 aliphatic rings. The molecule has 1 saturated heterocycles. The van der Waals surface area contributed by atoms with Gasteiger partial charge >= 0.3 is 6.02 Å². The number of benzene rings is 2. The third-order valence-electron chi connectivity index (χ3n) is 3.60. The zero-order chi connectivity index (χ0) is 16.9. The number of hydrogen-bond acceptors (Lipinski definition) is 4. The number of aliphatic imine (C=N–C) groups is 1. The van der Waals surface area contributed by atoms with E-state index in [4.69, 9.17) is 9.47 Å². The Morgan fingerprint density at radius 2 is 1.83 bits per heavy atom. The summed E-state index contributed by atoms with van der Waals surface area (Å²) in [6, 6.07) is 17.1. The Hall–Kier alpha value is -3.08. The minimum absolute atomic E-state index is 0.192. The summed E-state index contributed by atoms with van der Waals surface area (Å²) in [6.45, 7) is 2.38. The van der Waals surface area contributed by atoms with Crippen molar-refractivity contribution in [1.82, 2.24) is 4.90 Å². The van der Waals surface area contributed by atoms with Crippen LogP contribution in [0.15, 0.2) is 65.3 Å². The Morgan fingerprint density at radius 1 is 1.12 bits per heavy atom. The topological polar surface area (TPSA) is 51.1 Å². The fourth-order valence-electron chi connectivity index (χ4n) is 2.33. The average molecular weight is 322 g/mol. The molecule has 0 radical (unpaired) electrons. The molecular formula is C19H18N2O3. The molecule has 1 heterocycles. The Labute approximate surface area is 140 Å². The van der Waals surface area contributed by atoms with Gasteiger partial charge in [0.1, 0.15) is 5.75 Å². The number of amidine groups is 1. The normalized spacial score (nSPS) is 17.4. The second-order valence-corrected chi connectivity index (χ2v) is 5.16. The second kappa shape index (κ2) is 7.00. The molecule has 0 unspecified atom stereocenters. The van der Waals surface area contributed by atoms with Gasteiger partial charge in [0.15, 0.2) is 5.76 Å². The van der Waals surface area contributed by atoms with Crippen molar-refractivity contribution >= 4 is 23.7 Å². The van der Waals surface area contributed by atoms with Crippen molar-refractivity contribution in [2.45, 2.75) is 6.92 Å². The summed E-state index contributed by atoms with van der Waals surface area (Å²) in [5.74, 6) is 0.831. The van der Waals surface area contributed by atoms with Gasteiger partial charge in [0.05, 0.1) is 12.8 Å². The van der Waals surface area contributed by atoms with Crippen LogP contribution in [0, 0.1) is 0 Å². The predicted octanol–water partition coefficient (Wildman–Crippen LogP) is 3.60. The lowest BCUT2D eigenvalue weighted by Gasteiger charge is -2.09. The highest BCUT2D eigenvalue weighted by atomic mass is 16.5. The molecule has 0 spiro atoms. The molecule has 2 aromatic rings. The molecule has 2 aromatic carbocycles. The van der Waals surface area contributed by atoms with Crippen molar-refractivity contribution in [2.24, 2.45) is 4.99 Å². The smallest absolute Gasteiger partial charge is 0.305 e. The molecule has 5 nitrogen and oxygen atoms in total. The van der Waals surface area contributed by atoms with Crippen LogP contribution in [-0.2, 0) is 9.53 Å². The molecule has 3 rings (SSSR count). The number of nitrogens with zero attached hydrogens (tertiary/aromatic N) is 2. The van der Waals surface area contributed by atoms with Crippen molar-refractivity contribution in [3.05, 3.63) is 65.9 Å². The summed E-state index contributed by atoms with van der Waals surface area (Å²) in [6.07, 6.45) is 1.71. The van der Waals surface area contributed by atoms with Gasteiger partial charge in [-0.25, -0.2) is 0 Å². The van der Waals surface area contributed by atoms with Gasteiger partial charge in [-0.3, -0.25) is 9.69 Å². The third-order valence-corrected chi connectivity index (χ3v) is 3.60. The monoisotopic (exact) mass is 322 g/mol. The van der Waals surface area contributed by atoms with Crippen molar-refractivity contribution in [3.63, 3.8) is 0 Å². The molecule has 0 bridgehead atoms. The van der Waals surface area contributed by atoms with Crippen LogP contribution in [0.5, 0.6) is 5.75 Å². The molecule has 122 valence electrons. The lowest BCUT2D eigenvalue weighted by Crippen LogP contribution is -2.29. The summed E-state index contributed by atoms with van der Waals surface area (Å²) in [7, 11) is 1.61. The minimum atomic E-state index is -0.192. The van der Waals surface area contributed by atoms with Crippen LogP contribution < -0.4 is 4.74 Å². The van der Waals surface area contributed by atoms with E-state index >= 15 is 0 Å². The Balaban J connectivity index is 1.89. The van der Waals surface area contributed by atoms with Gasteiger partial charge in [-0.2, -0.15) is 4.99 Å². The number of carbonyl (C=O) groups is 1. The van der Waals surface area contributed by atoms with E-state index in [1.54, 1.807) is 13.2 Å². The molecule has 24 heavy (non-hydrogen) atoms. The lowest BCUT2D eigenvalue weighted by atomic mass is 10.2. The molecule has 0 N–H and O–H groups in total. The molecule has 0 saturated carbocycles. The summed E-state index contributed by atoms with van der Waals surface area (Å²) in [4.78, 5) is 18.4. The molecule has 1 amide bonds. The lowest BCUT2D eigenvalue weighted by molar-refractivity contribution is -0.122. The first-order valence-electron chi connectivity index (χ1n) is 7.70. The van der Waals surface area contributed by atoms with Crippen molar-refractivity contribution < 1.29 is 14.3 Å². The third kappa shape index (κ3) is 3.30. The van der Waals surface area contributed by atoms with Gasteiger partial charge in [0.25, 0.3) is 5.91 Å². The van der Waals surface area contributed by atoms with E-state index < -0.39 is 0 Å². The maximum Gasteiger partial charge on any atom is 0.305 e. The van der Waals surface area contributed by atoms with Gasteiger partial charge in [0.2, 0.25) is 0 Å². The van der Waals surface area contributed by atoms with Gasteiger partial charge in [-0.05, 0) is 42.8 Å². The maximum atomic E-state index is 12.5. The highest BCUT2D eigenvalue weighted by Gasteiger charge is 2.33. The first-order chi connectivity index (χ1) is 11.7. The first-order valence-corrected chi connectivity index (χ1v) is 7.70. The number of carbonyl (C=O) groups excluding carboxylic acids is 1. The molecule has 0 atom stereocenters. The number of para-hydroxylation sites is 1. The van der Waals surface area contributed by atoms with Crippen LogP contribution in [0.3, 0.4) is 0 Å². The van der Waals surface area contributed by atoms with E-state index in [-0.39, 0.29) is 11.7 Å². The highest BCUT2D eigenvalue weighted by Crippen LogP contribution is 2.23. The van der Waals surface area contributed by atoms with Crippen LogP contribution in [-0.4, -0.2) is 30.5 Å². The van der Waals surface area contributed by atoms with Crippen LogP contribution in [0.25, 0.3) is 6.08 Å². The Kier molecular flexibility index (Phi) is 4.61. The van der Waals surface area contributed by atoms with Crippen molar-refractivity contribution in [3.8, 4) is 5.75 Å². The number of likely N-dealkylation sites (N-methyl/N-ethyl adjacent to an activating group) is 1. The molecule has 5 heteroatoms. The van der Waals surface area contributed by atoms with E-state index in [0.717, 1.165) is 17.0 Å². The van der Waals surface area contributed by atoms with E-state index in [1.807, 2.05) is 61.5 Å². The van der Waals surface area contributed by atoms with E-state index in [9.17, 15) is 4.79 Å². The molecule has 0 aromatic heterocycles. The average Bonchev–Trinajstić information content (AvgIpc) is 2.91. The van der Waals surface area contributed by atoms with E-state index in [0.29, 0.717) is 12.6 Å². The zero-order valence-corrected chi connectivity index (χ0v) is 13.6. The van der Waals surface area contributed by atoms with E-state index in [2.05, 4.69) is 4.99 Å². The molecular weight excluding hydrogens is 304 g/mol. The van der Waals surface area contributed by atoms with Gasteiger partial charge in [0, 0.05) is 6.54 Å².